The van der Waals surface area contributed by atoms with Gasteiger partial charge in [-0.1, -0.05) is 11.6 Å². The van der Waals surface area contributed by atoms with Gasteiger partial charge >= 0.3 is 0 Å². The molecule has 130 valence electrons. The summed E-state index contributed by atoms with van der Waals surface area (Å²) in [5.41, 5.74) is -0.607. The molecule has 1 aromatic rings. The molecule has 1 aromatic carbocycles. The Morgan fingerprint density at radius 2 is 1.50 bits per heavy atom. The van der Waals surface area contributed by atoms with E-state index in [2.05, 4.69) is 5.32 Å². The van der Waals surface area contributed by atoms with Crippen molar-refractivity contribution >= 4 is 35.0 Å². The van der Waals surface area contributed by atoms with Crippen LogP contribution in [0.4, 0.5) is 5.69 Å². The van der Waals surface area contributed by atoms with E-state index in [-0.39, 0.29) is 17.7 Å². The molecule has 0 aliphatic carbocycles. The van der Waals surface area contributed by atoms with E-state index in [1.165, 1.54) is 6.92 Å². The van der Waals surface area contributed by atoms with E-state index < -0.39 is 5.41 Å². The molecule has 1 fully saturated rings. The summed E-state index contributed by atoms with van der Waals surface area (Å²) in [4.78, 5) is 39.9. The molecule has 1 saturated heterocycles. The first-order valence-electron chi connectivity index (χ1n) is 7.83. The summed E-state index contributed by atoms with van der Waals surface area (Å²) in [7, 11) is 0. The fourth-order valence-corrected chi connectivity index (χ4v) is 2.66. The Kier molecular flexibility index (Phi) is 5.49. The second-order valence-corrected chi connectivity index (χ2v) is 6.82. The second-order valence-electron chi connectivity index (χ2n) is 6.38. The highest BCUT2D eigenvalue weighted by Crippen LogP contribution is 2.23. The number of rotatable bonds is 3. The maximum atomic E-state index is 12.7. The summed E-state index contributed by atoms with van der Waals surface area (Å²) >= 11 is 5.82. The van der Waals surface area contributed by atoms with Crippen molar-refractivity contribution in [2.75, 3.05) is 31.5 Å². The van der Waals surface area contributed by atoms with Crippen molar-refractivity contribution in [2.24, 2.45) is 5.41 Å². The van der Waals surface area contributed by atoms with Crippen molar-refractivity contribution in [1.82, 2.24) is 9.80 Å². The summed E-state index contributed by atoms with van der Waals surface area (Å²) in [5.74, 6) is -0.608. The van der Waals surface area contributed by atoms with E-state index >= 15 is 0 Å². The van der Waals surface area contributed by atoms with Crippen LogP contribution in [0.15, 0.2) is 24.3 Å². The molecule has 1 heterocycles. The van der Waals surface area contributed by atoms with E-state index in [0.29, 0.717) is 36.9 Å². The molecule has 24 heavy (non-hydrogen) atoms. The van der Waals surface area contributed by atoms with Gasteiger partial charge in [0.05, 0.1) is 0 Å². The molecule has 0 atom stereocenters. The number of nitrogens with one attached hydrogen (secondary N) is 1. The van der Waals surface area contributed by atoms with Gasteiger partial charge in [-0.15, -0.1) is 0 Å². The summed E-state index contributed by atoms with van der Waals surface area (Å²) < 4.78 is 0. The Morgan fingerprint density at radius 1 is 1.00 bits per heavy atom. The number of carbonyl (C=O) groups is 3. The van der Waals surface area contributed by atoms with E-state index in [0.717, 1.165) is 0 Å². The third-order valence-corrected chi connectivity index (χ3v) is 4.47. The van der Waals surface area contributed by atoms with Gasteiger partial charge in [-0.25, -0.2) is 0 Å². The highest BCUT2D eigenvalue weighted by atomic mass is 35.5. The van der Waals surface area contributed by atoms with Crippen LogP contribution in [-0.2, 0) is 14.4 Å². The van der Waals surface area contributed by atoms with Gasteiger partial charge in [0.15, 0.2) is 0 Å². The van der Waals surface area contributed by atoms with Gasteiger partial charge in [-0.2, -0.15) is 0 Å². The zero-order valence-electron chi connectivity index (χ0n) is 14.1. The standard InChI is InChI=1S/C17H22ClN3O3/c1-12(22)20-8-10-21(11-9-20)16(24)17(2,3)15(23)19-14-6-4-13(18)5-7-14/h4-7H,8-11H2,1-3H3,(H,19,23). The normalized spacial score (nSPS) is 15.2. The molecular weight excluding hydrogens is 330 g/mol. The van der Waals surface area contributed by atoms with Gasteiger partial charge in [-0.3, -0.25) is 14.4 Å². The smallest absolute Gasteiger partial charge is 0.239 e. The number of nitrogens with zero attached hydrogens (tertiary/aromatic N) is 2. The van der Waals surface area contributed by atoms with Crippen LogP contribution in [0.5, 0.6) is 0 Å². The summed E-state index contributed by atoms with van der Waals surface area (Å²) in [6.07, 6.45) is 0. The van der Waals surface area contributed by atoms with Crippen LogP contribution in [0, 0.1) is 5.41 Å². The van der Waals surface area contributed by atoms with Gasteiger partial charge < -0.3 is 15.1 Å². The fourth-order valence-electron chi connectivity index (χ4n) is 2.54. The highest BCUT2D eigenvalue weighted by Gasteiger charge is 2.40. The topological polar surface area (TPSA) is 69.7 Å². The van der Waals surface area contributed by atoms with Gasteiger partial charge in [0, 0.05) is 43.8 Å². The molecular formula is C17H22ClN3O3. The Bertz CT molecular complexity index is 635. The van der Waals surface area contributed by atoms with Crippen molar-refractivity contribution in [3.63, 3.8) is 0 Å². The highest BCUT2D eigenvalue weighted by molar-refractivity contribution is 6.30. The first-order chi connectivity index (χ1) is 11.2. The molecule has 1 N–H and O–H groups in total. The number of halogens is 1. The zero-order chi connectivity index (χ0) is 17.9. The molecule has 0 unspecified atom stereocenters. The van der Waals surface area contributed by atoms with Gasteiger partial charge in [-0.05, 0) is 38.1 Å². The lowest BCUT2D eigenvalue weighted by Crippen LogP contribution is -2.55. The molecule has 0 saturated carbocycles. The predicted molar refractivity (Wildman–Crippen MR) is 92.7 cm³/mol. The maximum absolute atomic E-state index is 12.7. The summed E-state index contributed by atoms with van der Waals surface area (Å²) in [6.45, 7) is 6.61. The minimum Gasteiger partial charge on any atom is -0.339 e. The number of hydrogen-bond acceptors (Lipinski definition) is 3. The molecule has 6 nitrogen and oxygen atoms in total. The van der Waals surface area contributed by atoms with Crippen LogP contribution in [0.3, 0.4) is 0 Å². The largest absolute Gasteiger partial charge is 0.339 e. The third kappa shape index (κ3) is 4.06. The predicted octanol–water partition coefficient (Wildman–Crippen LogP) is 2.00. The van der Waals surface area contributed by atoms with Crippen LogP contribution < -0.4 is 5.32 Å². The van der Waals surface area contributed by atoms with Gasteiger partial charge in [0.2, 0.25) is 17.7 Å². The maximum Gasteiger partial charge on any atom is 0.239 e. The molecule has 0 bridgehead atoms. The number of benzene rings is 1. The van der Waals surface area contributed by atoms with Crippen molar-refractivity contribution in [2.45, 2.75) is 20.8 Å². The average molecular weight is 352 g/mol. The molecule has 0 aromatic heterocycles. The minimum absolute atomic E-state index is 0.00170. The third-order valence-electron chi connectivity index (χ3n) is 4.22. The number of carbonyl (C=O) groups excluding carboxylic acids is 3. The van der Waals surface area contributed by atoms with Crippen LogP contribution >= 0.6 is 11.6 Å². The molecule has 0 radical (unpaired) electrons. The zero-order valence-corrected chi connectivity index (χ0v) is 14.9. The summed E-state index contributed by atoms with van der Waals surface area (Å²) in [5, 5.41) is 3.32. The average Bonchev–Trinajstić information content (AvgIpc) is 2.56. The quantitative estimate of drug-likeness (QED) is 0.847. The SMILES string of the molecule is CC(=O)N1CCN(C(=O)C(C)(C)C(=O)Nc2ccc(Cl)cc2)CC1. The van der Waals surface area contributed by atoms with Gasteiger partial charge in [0.1, 0.15) is 5.41 Å². The lowest BCUT2D eigenvalue weighted by molar-refractivity contribution is -0.149. The number of hydrogen-bond donors (Lipinski definition) is 1. The number of anilines is 1. The number of piperazine rings is 1. The molecule has 7 heteroatoms. The van der Waals surface area contributed by atoms with E-state index in [9.17, 15) is 14.4 Å². The number of amides is 3. The Balaban J connectivity index is 2.00. The molecule has 1 aliphatic heterocycles. The van der Waals surface area contributed by atoms with Crippen LogP contribution in [0.1, 0.15) is 20.8 Å². The monoisotopic (exact) mass is 351 g/mol. The Labute approximate surface area is 146 Å². The molecule has 2 rings (SSSR count). The first-order valence-corrected chi connectivity index (χ1v) is 8.21. The van der Waals surface area contributed by atoms with Crippen molar-refractivity contribution in [3.8, 4) is 0 Å². The van der Waals surface area contributed by atoms with E-state index in [1.54, 1.807) is 47.9 Å². The Morgan fingerprint density at radius 3 is 2.00 bits per heavy atom. The lowest BCUT2D eigenvalue weighted by Gasteiger charge is -2.37. The van der Waals surface area contributed by atoms with E-state index in [1.807, 2.05) is 0 Å². The van der Waals surface area contributed by atoms with Crippen LogP contribution in [0.25, 0.3) is 0 Å². The van der Waals surface area contributed by atoms with Crippen molar-refractivity contribution < 1.29 is 14.4 Å². The second kappa shape index (κ2) is 7.21. The van der Waals surface area contributed by atoms with Crippen LogP contribution in [-0.4, -0.2) is 53.7 Å². The summed E-state index contributed by atoms with van der Waals surface area (Å²) in [6, 6.07) is 6.72. The van der Waals surface area contributed by atoms with Gasteiger partial charge in [0.25, 0.3) is 0 Å². The lowest BCUT2D eigenvalue weighted by atomic mass is 9.89. The van der Waals surface area contributed by atoms with Crippen LogP contribution in [0.2, 0.25) is 5.02 Å². The molecule has 1 aliphatic rings. The molecule has 3 amide bonds. The minimum atomic E-state index is -1.20. The molecule has 0 spiro atoms. The fraction of sp³-hybridized carbons (Fsp3) is 0.471. The van der Waals surface area contributed by atoms with Crippen molar-refractivity contribution in [1.29, 1.82) is 0 Å². The first kappa shape index (κ1) is 18.3. The Hall–Kier alpha value is -2.08. The van der Waals surface area contributed by atoms with Crippen molar-refractivity contribution in [3.05, 3.63) is 29.3 Å². The van der Waals surface area contributed by atoms with E-state index in [4.69, 9.17) is 11.6 Å².